The minimum absolute atomic E-state index is 0.0407. The second-order valence-electron chi connectivity index (χ2n) is 6.47. The number of aliphatic carboxylic acids is 1. The summed E-state index contributed by atoms with van der Waals surface area (Å²) in [4.78, 5) is 26.6. The van der Waals surface area contributed by atoms with Crippen molar-refractivity contribution < 1.29 is 19.8 Å². The summed E-state index contributed by atoms with van der Waals surface area (Å²) >= 11 is 0. The number of benzene rings is 3. The molecular weight excluding hydrogens is 354 g/mol. The molecule has 0 aromatic heterocycles. The predicted octanol–water partition coefficient (Wildman–Crippen LogP) is 3.72. The molecule has 0 saturated heterocycles. The molecule has 0 bridgehead atoms. The lowest BCUT2D eigenvalue weighted by Crippen LogP contribution is -2.49. The molecule has 2 N–H and O–H groups in total. The van der Waals surface area contributed by atoms with Crippen molar-refractivity contribution in [3.8, 4) is 0 Å². The number of para-hydroxylation sites is 2. The standard InChI is InChI=1S/C23H17NO4/c25-21(26)15-19-18-13-7-8-14-20(18)24(17-11-5-2-6-12-17)22(27)23(19,28)16-9-3-1-4-10-16/h1-15,28H,(H,25,26)/b19-15+. The summed E-state index contributed by atoms with van der Waals surface area (Å²) in [6, 6.07) is 24.3. The van der Waals surface area contributed by atoms with Crippen LogP contribution in [0.4, 0.5) is 11.4 Å². The summed E-state index contributed by atoms with van der Waals surface area (Å²) in [6.45, 7) is 0. The van der Waals surface area contributed by atoms with Gasteiger partial charge in [0.2, 0.25) is 0 Å². The highest BCUT2D eigenvalue weighted by molar-refractivity contribution is 6.19. The number of rotatable bonds is 3. The van der Waals surface area contributed by atoms with E-state index in [1.54, 1.807) is 78.9 Å². The molecule has 1 atom stereocenters. The predicted molar refractivity (Wildman–Crippen MR) is 106 cm³/mol. The Bertz CT molecular complexity index is 1080. The number of anilines is 2. The molecule has 0 radical (unpaired) electrons. The van der Waals surface area contributed by atoms with Gasteiger partial charge in [0.1, 0.15) is 0 Å². The summed E-state index contributed by atoms with van der Waals surface area (Å²) in [5, 5.41) is 21.1. The Hall–Kier alpha value is -3.70. The lowest BCUT2D eigenvalue weighted by atomic mass is 9.77. The van der Waals surface area contributed by atoms with Crippen molar-refractivity contribution in [1.82, 2.24) is 0 Å². The van der Waals surface area contributed by atoms with Gasteiger partial charge in [0, 0.05) is 22.9 Å². The molecule has 0 fully saturated rings. The van der Waals surface area contributed by atoms with Crippen LogP contribution in [0.15, 0.2) is 91.0 Å². The fourth-order valence-corrected chi connectivity index (χ4v) is 3.58. The number of carbonyl (C=O) groups excluding carboxylic acids is 1. The van der Waals surface area contributed by atoms with E-state index in [1.165, 1.54) is 4.90 Å². The normalized spacial score (nSPS) is 20.1. The highest BCUT2D eigenvalue weighted by Gasteiger charge is 2.50. The van der Waals surface area contributed by atoms with Crippen molar-refractivity contribution in [3.05, 3.63) is 102 Å². The van der Waals surface area contributed by atoms with Crippen molar-refractivity contribution in [1.29, 1.82) is 0 Å². The number of carboxylic acid groups (broad SMARTS) is 1. The maximum Gasteiger partial charge on any atom is 0.328 e. The molecule has 1 aliphatic heterocycles. The third-order valence-corrected chi connectivity index (χ3v) is 4.81. The van der Waals surface area contributed by atoms with Crippen LogP contribution >= 0.6 is 0 Å². The first-order chi connectivity index (χ1) is 13.5. The molecule has 1 amide bonds. The number of aliphatic hydroxyl groups is 1. The fourth-order valence-electron chi connectivity index (χ4n) is 3.58. The van der Waals surface area contributed by atoms with Gasteiger partial charge in [-0.1, -0.05) is 66.7 Å². The third kappa shape index (κ3) is 2.69. The van der Waals surface area contributed by atoms with Crippen molar-refractivity contribution in [2.24, 2.45) is 0 Å². The number of carboxylic acids is 1. The zero-order valence-electron chi connectivity index (χ0n) is 14.8. The van der Waals surface area contributed by atoms with Crippen molar-refractivity contribution >= 4 is 28.8 Å². The molecule has 3 aromatic carbocycles. The van der Waals surface area contributed by atoms with E-state index in [4.69, 9.17) is 0 Å². The molecule has 5 nitrogen and oxygen atoms in total. The topological polar surface area (TPSA) is 77.8 Å². The molecule has 138 valence electrons. The first kappa shape index (κ1) is 17.7. The molecule has 0 saturated carbocycles. The monoisotopic (exact) mass is 371 g/mol. The van der Waals surface area contributed by atoms with Crippen LogP contribution in [0.3, 0.4) is 0 Å². The van der Waals surface area contributed by atoms with E-state index >= 15 is 0 Å². The van der Waals surface area contributed by atoms with Crippen molar-refractivity contribution in [3.63, 3.8) is 0 Å². The van der Waals surface area contributed by atoms with Gasteiger partial charge in [-0.2, -0.15) is 0 Å². The third-order valence-electron chi connectivity index (χ3n) is 4.81. The van der Waals surface area contributed by atoms with Gasteiger partial charge in [0.05, 0.1) is 5.69 Å². The van der Waals surface area contributed by atoms with Gasteiger partial charge in [0.15, 0.2) is 5.60 Å². The van der Waals surface area contributed by atoms with Gasteiger partial charge < -0.3 is 10.2 Å². The van der Waals surface area contributed by atoms with Gasteiger partial charge in [-0.15, -0.1) is 0 Å². The van der Waals surface area contributed by atoms with E-state index in [-0.39, 0.29) is 5.57 Å². The van der Waals surface area contributed by atoms with Crippen LogP contribution in [-0.2, 0) is 15.2 Å². The number of fused-ring (bicyclic) bond motifs is 1. The fraction of sp³-hybridized carbons (Fsp3) is 0.0435. The van der Waals surface area contributed by atoms with Crippen LogP contribution in [0.25, 0.3) is 5.57 Å². The number of hydrogen-bond acceptors (Lipinski definition) is 3. The van der Waals surface area contributed by atoms with E-state index in [9.17, 15) is 19.8 Å². The second kappa shape index (κ2) is 6.79. The highest BCUT2D eigenvalue weighted by Crippen LogP contribution is 2.48. The zero-order valence-corrected chi connectivity index (χ0v) is 14.8. The number of hydrogen-bond donors (Lipinski definition) is 2. The van der Waals surface area contributed by atoms with Gasteiger partial charge in [-0.05, 0) is 23.8 Å². The van der Waals surface area contributed by atoms with Gasteiger partial charge in [0.25, 0.3) is 5.91 Å². The van der Waals surface area contributed by atoms with Crippen LogP contribution in [0.5, 0.6) is 0 Å². The molecule has 0 spiro atoms. The average molecular weight is 371 g/mol. The molecule has 1 aliphatic rings. The van der Waals surface area contributed by atoms with Crippen LogP contribution in [0.2, 0.25) is 0 Å². The largest absolute Gasteiger partial charge is 0.478 e. The Morgan fingerprint density at radius 2 is 1.43 bits per heavy atom. The van der Waals surface area contributed by atoms with Crippen LogP contribution < -0.4 is 4.90 Å². The number of carbonyl (C=O) groups is 2. The second-order valence-corrected chi connectivity index (χ2v) is 6.47. The van der Waals surface area contributed by atoms with Gasteiger partial charge in [-0.25, -0.2) is 4.79 Å². The first-order valence-corrected chi connectivity index (χ1v) is 8.75. The maximum absolute atomic E-state index is 13.6. The van der Waals surface area contributed by atoms with Gasteiger partial charge in [-0.3, -0.25) is 9.69 Å². The summed E-state index contributed by atoms with van der Waals surface area (Å²) in [6.07, 6.45) is 0.909. The molecule has 1 heterocycles. The van der Waals surface area contributed by atoms with Gasteiger partial charge >= 0.3 is 5.97 Å². The minimum atomic E-state index is -2.14. The molecule has 3 aromatic rings. The van der Waals surface area contributed by atoms with Crippen LogP contribution in [0, 0.1) is 0 Å². The average Bonchev–Trinajstić information content (AvgIpc) is 2.73. The number of nitrogens with zero attached hydrogens (tertiary/aromatic N) is 1. The smallest absolute Gasteiger partial charge is 0.328 e. The van der Waals surface area contributed by atoms with E-state index in [1.807, 2.05) is 6.07 Å². The molecular formula is C23H17NO4. The van der Waals surface area contributed by atoms with Crippen molar-refractivity contribution in [2.75, 3.05) is 4.90 Å². The van der Waals surface area contributed by atoms with Crippen LogP contribution in [-0.4, -0.2) is 22.1 Å². The van der Waals surface area contributed by atoms with E-state index in [0.29, 0.717) is 22.5 Å². The summed E-state index contributed by atoms with van der Waals surface area (Å²) in [5.41, 5.74) is -0.193. The van der Waals surface area contributed by atoms with E-state index < -0.39 is 17.5 Å². The molecule has 0 aliphatic carbocycles. The number of amides is 1. The summed E-state index contributed by atoms with van der Waals surface area (Å²) < 4.78 is 0. The quantitative estimate of drug-likeness (QED) is 0.688. The van der Waals surface area contributed by atoms with Crippen molar-refractivity contribution in [2.45, 2.75) is 5.60 Å². The molecule has 4 rings (SSSR count). The van der Waals surface area contributed by atoms with E-state index in [0.717, 1.165) is 6.08 Å². The zero-order chi connectivity index (χ0) is 19.7. The SMILES string of the molecule is O=C(O)/C=C1\c2ccccc2N(c2ccccc2)C(=O)C1(O)c1ccccc1. The van der Waals surface area contributed by atoms with E-state index in [2.05, 4.69) is 0 Å². The maximum atomic E-state index is 13.6. The lowest BCUT2D eigenvalue weighted by molar-refractivity contribution is -0.132. The summed E-state index contributed by atoms with van der Waals surface area (Å²) in [5.74, 6) is -1.86. The molecule has 28 heavy (non-hydrogen) atoms. The molecule has 5 heteroatoms. The Kier molecular flexibility index (Phi) is 4.29. The first-order valence-electron chi connectivity index (χ1n) is 8.75. The summed E-state index contributed by atoms with van der Waals surface area (Å²) in [7, 11) is 0. The Morgan fingerprint density at radius 3 is 2.07 bits per heavy atom. The minimum Gasteiger partial charge on any atom is -0.478 e. The van der Waals surface area contributed by atoms with Crippen LogP contribution in [0.1, 0.15) is 11.1 Å². The Morgan fingerprint density at radius 1 is 0.857 bits per heavy atom. The molecule has 1 unspecified atom stereocenters. The highest BCUT2D eigenvalue weighted by atomic mass is 16.4. The lowest BCUT2D eigenvalue weighted by Gasteiger charge is -2.41. The Balaban J connectivity index is 2.06. The Labute approximate surface area is 161 Å².